The van der Waals surface area contributed by atoms with E-state index in [2.05, 4.69) is 25.6 Å². The number of alkyl halides is 3. The molecule has 2 aromatic heterocycles. The van der Waals surface area contributed by atoms with Crippen molar-refractivity contribution in [3.63, 3.8) is 0 Å². The third-order valence-corrected chi connectivity index (χ3v) is 6.66. The summed E-state index contributed by atoms with van der Waals surface area (Å²) in [4.78, 5) is 53.8. The number of benzene rings is 1. The third kappa shape index (κ3) is 6.34. The number of hydrogen-bond donors (Lipinski definition) is 2. The summed E-state index contributed by atoms with van der Waals surface area (Å²) in [7, 11) is 0. The van der Waals surface area contributed by atoms with Crippen LogP contribution in [0.3, 0.4) is 0 Å². The van der Waals surface area contributed by atoms with Crippen LogP contribution in [0, 0.1) is 0 Å². The molecule has 14 heteroatoms. The van der Waals surface area contributed by atoms with Crippen LogP contribution in [-0.4, -0.2) is 54.4 Å². The first kappa shape index (κ1) is 30.0. The first-order valence-electron chi connectivity index (χ1n) is 12.9. The van der Waals surface area contributed by atoms with Crippen LogP contribution in [-0.2, 0) is 19.1 Å². The van der Waals surface area contributed by atoms with Crippen LogP contribution >= 0.6 is 11.6 Å². The topological polar surface area (TPSA) is 122 Å². The number of amides is 2. The zero-order valence-corrected chi connectivity index (χ0v) is 23.8. The largest absolute Gasteiger partial charge is 0.417 e. The molecule has 10 nitrogen and oxygen atoms in total. The van der Waals surface area contributed by atoms with Crippen LogP contribution in [0.15, 0.2) is 35.4 Å². The number of aromatic nitrogens is 4. The van der Waals surface area contributed by atoms with E-state index in [1.54, 1.807) is 6.92 Å². The summed E-state index contributed by atoms with van der Waals surface area (Å²) in [6.07, 6.45) is -2.05. The second-order valence-electron chi connectivity index (χ2n) is 10.4. The molecule has 41 heavy (non-hydrogen) atoms. The van der Waals surface area contributed by atoms with Gasteiger partial charge in [-0.1, -0.05) is 11.6 Å². The Balaban J connectivity index is 1.72. The van der Waals surface area contributed by atoms with E-state index in [-0.39, 0.29) is 48.1 Å². The Hall–Kier alpha value is -4.00. The van der Waals surface area contributed by atoms with Gasteiger partial charge in [-0.25, -0.2) is 19.5 Å². The highest BCUT2D eigenvalue weighted by atomic mass is 35.5. The lowest BCUT2D eigenvalue weighted by Gasteiger charge is -2.34. The number of rotatable bonds is 6. The molecule has 1 aliphatic rings. The maximum atomic E-state index is 13.8. The van der Waals surface area contributed by atoms with Crippen molar-refractivity contribution in [2.24, 2.45) is 0 Å². The molecule has 3 heterocycles. The summed E-state index contributed by atoms with van der Waals surface area (Å²) in [5.74, 6) is -0.764. The molecular formula is C27H29ClF3N7O3. The van der Waals surface area contributed by atoms with E-state index in [1.807, 2.05) is 27.7 Å². The minimum atomic E-state index is -4.73. The number of hydrogen-bond acceptors (Lipinski definition) is 7. The Morgan fingerprint density at radius 3 is 2.39 bits per heavy atom. The van der Waals surface area contributed by atoms with Gasteiger partial charge in [-0.15, -0.1) is 0 Å². The maximum absolute atomic E-state index is 13.8. The van der Waals surface area contributed by atoms with Gasteiger partial charge in [0.05, 0.1) is 35.2 Å². The van der Waals surface area contributed by atoms with Crippen LogP contribution in [0.4, 0.5) is 19.1 Å². The van der Waals surface area contributed by atoms with E-state index >= 15 is 0 Å². The monoisotopic (exact) mass is 591 g/mol. The van der Waals surface area contributed by atoms with Crippen molar-refractivity contribution in [1.29, 1.82) is 0 Å². The van der Waals surface area contributed by atoms with Crippen molar-refractivity contribution in [1.82, 2.24) is 29.7 Å². The van der Waals surface area contributed by atoms with Gasteiger partial charge in [-0.2, -0.15) is 13.2 Å². The zero-order chi connectivity index (χ0) is 30.2. The summed E-state index contributed by atoms with van der Waals surface area (Å²) in [5, 5.41) is 5.32. The molecule has 3 aromatic rings. The van der Waals surface area contributed by atoms with E-state index < -0.39 is 40.2 Å². The molecule has 218 valence electrons. The first-order valence-corrected chi connectivity index (χ1v) is 13.3. The highest BCUT2D eigenvalue weighted by molar-refractivity contribution is 6.31. The van der Waals surface area contributed by atoms with Gasteiger partial charge in [-0.3, -0.25) is 14.4 Å². The molecule has 2 amide bonds. The van der Waals surface area contributed by atoms with Crippen LogP contribution in [0.1, 0.15) is 72.3 Å². The SMILES string of the molecule is CC(C)NC(=O)c1cnc(-n2c(NC(C)C)nc3c(c2=O)C[C@@H](C)N(C(=O)c2ccc(Cl)c(C(F)(F)F)c2)C3)cn1. The van der Waals surface area contributed by atoms with E-state index in [1.165, 1.54) is 27.9 Å². The quantitative estimate of drug-likeness (QED) is 0.440. The first-order chi connectivity index (χ1) is 19.2. The molecule has 0 radical (unpaired) electrons. The number of halogens is 4. The van der Waals surface area contributed by atoms with E-state index in [9.17, 15) is 27.6 Å². The zero-order valence-electron chi connectivity index (χ0n) is 23.0. The molecule has 4 rings (SSSR count). The number of carbonyl (C=O) groups excluding carboxylic acids is 2. The van der Waals surface area contributed by atoms with Crippen LogP contribution in [0.2, 0.25) is 5.02 Å². The Morgan fingerprint density at radius 2 is 1.80 bits per heavy atom. The highest BCUT2D eigenvalue weighted by Crippen LogP contribution is 2.35. The fourth-order valence-corrected chi connectivity index (χ4v) is 4.65. The molecule has 0 unspecified atom stereocenters. The lowest BCUT2D eigenvalue weighted by Crippen LogP contribution is -2.46. The molecule has 1 aliphatic heterocycles. The van der Waals surface area contributed by atoms with Crippen molar-refractivity contribution in [2.75, 3.05) is 5.32 Å². The summed E-state index contributed by atoms with van der Waals surface area (Å²) in [6.45, 7) is 8.92. The number of nitrogens with one attached hydrogen (secondary N) is 2. The number of carbonyl (C=O) groups is 2. The van der Waals surface area contributed by atoms with Gasteiger partial charge in [0.1, 0.15) is 5.69 Å². The lowest BCUT2D eigenvalue weighted by molar-refractivity contribution is -0.137. The Bertz CT molecular complexity index is 1540. The smallest absolute Gasteiger partial charge is 0.353 e. The van der Waals surface area contributed by atoms with E-state index in [0.717, 1.165) is 12.1 Å². The summed E-state index contributed by atoms with van der Waals surface area (Å²) < 4.78 is 41.5. The highest BCUT2D eigenvalue weighted by Gasteiger charge is 2.36. The fourth-order valence-electron chi connectivity index (χ4n) is 4.43. The van der Waals surface area contributed by atoms with Crippen molar-refractivity contribution < 1.29 is 22.8 Å². The molecule has 0 aliphatic carbocycles. The summed E-state index contributed by atoms with van der Waals surface area (Å²) >= 11 is 5.72. The van der Waals surface area contributed by atoms with Gasteiger partial charge in [0, 0.05) is 29.3 Å². The van der Waals surface area contributed by atoms with Gasteiger partial charge in [0.25, 0.3) is 17.4 Å². The Kier molecular flexibility index (Phi) is 8.39. The third-order valence-electron chi connectivity index (χ3n) is 6.33. The summed E-state index contributed by atoms with van der Waals surface area (Å²) in [5.41, 5.74) is -0.982. The lowest BCUT2D eigenvalue weighted by atomic mass is 9.98. The number of anilines is 1. The molecule has 1 atom stereocenters. The number of nitrogens with zero attached hydrogens (tertiary/aromatic N) is 5. The average molecular weight is 592 g/mol. The molecule has 0 fully saturated rings. The standard InChI is InChI=1S/C27H29ClF3N7O3/c1-13(2)34-23(39)20-10-33-22(11-32-20)38-25(41)17-8-15(5)37(12-21(17)36-26(38)35-14(3)4)24(40)16-6-7-19(28)18(9-16)27(29,30)31/h6-7,9-11,13-15H,8,12H2,1-5H3,(H,34,39)(H,35,36)/t15-/m1/s1. The van der Waals surface area contributed by atoms with Crippen LogP contribution in [0.5, 0.6) is 0 Å². The second kappa shape index (κ2) is 11.5. The van der Waals surface area contributed by atoms with Crippen LogP contribution < -0.4 is 16.2 Å². The summed E-state index contributed by atoms with van der Waals surface area (Å²) in [6, 6.07) is 2.24. The van der Waals surface area contributed by atoms with Crippen molar-refractivity contribution in [2.45, 2.75) is 71.9 Å². The van der Waals surface area contributed by atoms with Gasteiger partial charge in [0.15, 0.2) is 5.82 Å². The molecule has 1 aromatic carbocycles. The minimum Gasteiger partial charge on any atom is -0.353 e. The normalized spacial score (nSPS) is 15.2. The predicted octanol–water partition coefficient (Wildman–Crippen LogP) is 4.24. The van der Waals surface area contributed by atoms with Crippen LogP contribution in [0.25, 0.3) is 5.82 Å². The van der Waals surface area contributed by atoms with Gasteiger partial charge in [-0.05, 0) is 59.2 Å². The van der Waals surface area contributed by atoms with Gasteiger partial charge >= 0.3 is 6.18 Å². The second-order valence-corrected chi connectivity index (χ2v) is 10.8. The molecule has 0 bridgehead atoms. The van der Waals surface area contributed by atoms with Crippen molar-refractivity contribution in [3.05, 3.63) is 74.0 Å². The number of fused-ring (bicyclic) bond motifs is 1. The van der Waals surface area contributed by atoms with Crippen molar-refractivity contribution in [3.8, 4) is 5.82 Å². The van der Waals surface area contributed by atoms with E-state index in [0.29, 0.717) is 11.3 Å². The van der Waals surface area contributed by atoms with E-state index in [4.69, 9.17) is 11.6 Å². The molecular weight excluding hydrogens is 563 g/mol. The average Bonchev–Trinajstić information content (AvgIpc) is 2.88. The van der Waals surface area contributed by atoms with Crippen molar-refractivity contribution >= 4 is 29.4 Å². The molecule has 0 saturated heterocycles. The molecule has 0 spiro atoms. The molecule has 2 N–H and O–H groups in total. The van der Waals surface area contributed by atoms with Gasteiger partial charge < -0.3 is 15.5 Å². The van der Waals surface area contributed by atoms with Gasteiger partial charge in [0.2, 0.25) is 5.95 Å². The Labute approximate surface area is 239 Å². The fraction of sp³-hybridized carbons (Fsp3) is 0.407. The maximum Gasteiger partial charge on any atom is 0.417 e. The minimum absolute atomic E-state index is 0.0819. The Morgan fingerprint density at radius 1 is 1.10 bits per heavy atom. The predicted molar refractivity (Wildman–Crippen MR) is 146 cm³/mol. The molecule has 0 saturated carbocycles.